The lowest BCUT2D eigenvalue weighted by molar-refractivity contribution is 0.0875. The molecule has 1 atom stereocenters. The van der Waals surface area contributed by atoms with E-state index in [9.17, 15) is 4.79 Å². The van der Waals surface area contributed by atoms with E-state index in [2.05, 4.69) is 10.2 Å². The van der Waals surface area contributed by atoms with Gasteiger partial charge in [-0.25, -0.2) is 4.39 Å². The Morgan fingerprint density at radius 3 is 3.04 bits per heavy atom. The smallest absolute Gasteiger partial charge is 0.261 e. The summed E-state index contributed by atoms with van der Waals surface area (Å²) in [7, 11) is 2.05. The van der Waals surface area contributed by atoms with Crippen LogP contribution in [0.25, 0.3) is 0 Å². The molecule has 0 aliphatic carbocycles. The van der Waals surface area contributed by atoms with Crippen LogP contribution >= 0.6 is 22.9 Å². The van der Waals surface area contributed by atoms with Crippen molar-refractivity contribution in [2.24, 2.45) is 0 Å². The Bertz CT molecular complexity index is 859. The molecule has 1 saturated heterocycles. The molecule has 4 rings (SSSR count). The molecule has 144 valence electrons. The molecule has 0 radical (unpaired) electrons. The van der Waals surface area contributed by atoms with Gasteiger partial charge < -0.3 is 19.9 Å². The van der Waals surface area contributed by atoms with Crippen molar-refractivity contribution in [3.05, 3.63) is 50.4 Å². The first-order valence-corrected chi connectivity index (χ1v) is 10.1. The lowest BCUT2D eigenvalue weighted by Crippen LogP contribution is -2.34. The van der Waals surface area contributed by atoms with Gasteiger partial charge in [0.05, 0.1) is 21.0 Å². The van der Waals surface area contributed by atoms with Crippen LogP contribution in [-0.2, 0) is 17.7 Å². The van der Waals surface area contributed by atoms with E-state index in [-0.39, 0.29) is 17.8 Å². The van der Waals surface area contributed by atoms with Gasteiger partial charge in [-0.15, -0.1) is 11.3 Å². The minimum Gasteiger partial charge on any atom is -0.354 e. The van der Waals surface area contributed by atoms with Gasteiger partial charge in [-0.1, -0.05) is 17.7 Å². The summed E-state index contributed by atoms with van der Waals surface area (Å²) in [6.45, 7) is 2.89. The molecule has 1 amide bonds. The van der Waals surface area contributed by atoms with Crippen molar-refractivity contribution in [3.8, 4) is 0 Å². The highest BCUT2D eigenvalue weighted by molar-refractivity contribution is 7.17. The van der Waals surface area contributed by atoms with Crippen molar-refractivity contribution in [2.45, 2.75) is 19.1 Å². The van der Waals surface area contributed by atoms with Crippen molar-refractivity contribution in [3.63, 3.8) is 0 Å². The second kappa shape index (κ2) is 7.75. The first-order chi connectivity index (χ1) is 13.0. The monoisotopic (exact) mass is 409 g/mol. The van der Waals surface area contributed by atoms with Gasteiger partial charge in [0.15, 0.2) is 0 Å². The molecule has 27 heavy (non-hydrogen) atoms. The van der Waals surface area contributed by atoms with Crippen molar-refractivity contribution < 1.29 is 13.9 Å². The first kappa shape index (κ1) is 18.7. The molecule has 0 bridgehead atoms. The lowest BCUT2D eigenvalue weighted by Gasteiger charge is -2.27. The Balaban J connectivity index is 1.38. The fraction of sp³-hybridized carbons (Fsp3) is 0.421. The highest BCUT2D eigenvalue weighted by atomic mass is 35.5. The highest BCUT2D eigenvalue weighted by Crippen LogP contribution is 2.30. The zero-order valence-electron chi connectivity index (χ0n) is 15.0. The molecule has 5 nitrogen and oxygen atoms in total. The van der Waals surface area contributed by atoms with Crippen LogP contribution in [0.3, 0.4) is 0 Å². The highest BCUT2D eigenvalue weighted by Gasteiger charge is 2.28. The minimum absolute atomic E-state index is 0.137. The predicted molar refractivity (Wildman–Crippen MR) is 105 cm³/mol. The Kier molecular flexibility index (Phi) is 5.36. The maximum atomic E-state index is 15.0. The third-order valence-electron chi connectivity index (χ3n) is 5.02. The van der Waals surface area contributed by atoms with Gasteiger partial charge in [-0.2, -0.15) is 0 Å². The largest absolute Gasteiger partial charge is 0.354 e. The first-order valence-electron chi connectivity index (χ1n) is 8.90. The summed E-state index contributed by atoms with van der Waals surface area (Å²) in [5.41, 5.74) is 2.46. The standard InChI is InChI=1S/C19H21ClFN3O2S/c1-23-7-6-14-12(9-23)2-3-15(18(14)21)24-10-13(26-11-24)8-22-19(25)16-4-5-17(20)27-16/h2-5,13H,6-11H2,1H3,(H,22,25)/t13-/m0/s1. The summed E-state index contributed by atoms with van der Waals surface area (Å²) in [5.74, 6) is -0.305. The SMILES string of the molecule is CN1CCc2c(ccc(N3CO[C@@H](CNC(=O)c4ccc(Cl)s4)C3)c2F)C1. The van der Waals surface area contributed by atoms with Crippen molar-refractivity contribution in [2.75, 3.05) is 38.3 Å². The fourth-order valence-electron chi connectivity index (χ4n) is 3.55. The number of benzene rings is 1. The number of fused-ring (bicyclic) bond motifs is 1. The van der Waals surface area contributed by atoms with Crippen LogP contribution in [0.4, 0.5) is 10.1 Å². The van der Waals surface area contributed by atoms with Crippen LogP contribution < -0.4 is 10.2 Å². The Morgan fingerprint density at radius 1 is 1.41 bits per heavy atom. The van der Waals surface area contributed by atoms with E-state index in [1.165, 1.54) is 11.3 Å². The molecule has 0 unspecified atom stereocenters. The summed E-state index contributed by atoms with van der Waals surface area (Å²) in [5, 5.41) is 2.86. The number of rotatable bonds is 4. The number of hydrogen-bond donors (Lipinski definition) is 1. The molecule has 8 heteroatoms. The van der Waals surface area contributed by atoms with E-state index in [0.717, 1.165) is 30.6 Å². The number of carbonyl (C=O) groups excluding carboxylic acids is 1. The Morgan fingerprint density at radius 2 is 2.26 bits per heavy atom. The molecule has 1 aromatic heterocycles. The number of nitrogens with one attached hydrogen (secondary N) is 1. The van der Waals surface area contributed by atoms with Crippen molar-refractivity contribution >= 4 is 34.5 Å². The molecule has 1 aromatic carbocycles. The van der Waals surface area contributed by atoms with Crippen molar-refractivity contribution in [1.82, 2.24) is 10.2 Å². The quantitative estimate of drug-likeness (QED) is 0.842. The molecule has 3 heterocycles. The summed E-state index contributed by atoms with van der Waals surface area (Å²) >= 11 is 7.10. The third kappa shape index (κ3) is 3.96. The molecule has 1 fully saturated rings. The van der Waals surface area contributed by atoms with Gasteiger partial charge in [0.1, 0.15) is 12.5 Å². The molecular formula is C19H21ClFN3O2S. The topological polar surface area (TPSA) is 44.8 Å². The normalized spacial score (nSPS) is 20.0. The number of anilines is 1. The minimum atomic E-state index is -0.175. The van der Waals surface area contributed by atoms with Gasteiger partial charge in [-0.05, 0) is 42.8 Å². The van der Waals surface area contributed by atoms with Gasteiger partial charge in [-0.3, -0.25) is 4.79 Å². The molecule has 1 N–H and O–H groups in total. The Hall–Kier alpha value is -1.67. The molecule has 2 aliphatic heterocycles. The van der Waals surface area contributed by atoms with Crippen LogP contribution in [-0.4, -0.2) is 50.3 Å². The molecule has 0 saturated carbocycles. The number of amides is 1. The number of thiophene rings is 1. The van der Waals surface area contributed by atoms with Crippen LogP contribution in [0, 0.1) is 5.82 Å². The van der Waals surface area contributed by atoms with Crippen LogP contribution in [0.15, 0.2) is 24.3 Å². The van der Waals surface area contributed by atoms with E-state index in [1.54, 1.807) is 12.1 Å². The number of ether oxygens (including phenoxy) is 1. The zero-order chi connectivity index (χ0) is 19.0. The van der Waals surface area contributed by atoms with E-state index >= 15 is 4.39 Å². The van der Waals surface area contributed by atoms with Crippen LogP contribution in [0.2, 0.25) is 4.34 Å². The lowest BCUT2D eigenvalue weighted by atomic mass is 9.98. The van der Waals surface area contributed by atoms with Gasteiger partial charge in [0.25, 0.3) is 5.91 Å². The number of nitrogens with zero attached hydrogens (tertiary/aromatic N) is 2. The third-order valence-corrected chi connectivity index (χ3v) is 6.25. The molecule has 2 aliphatic rings. The van der Waals surface area contributed by atoms with E-state index < -0.39 is 0 Å². The molecule has 0 spiro atoms. The van der Waals surface area contributed by atoms with Gasteiger partial charge in [0.2, 0.25) is 0 Å². The van der Waals surface area contributed by atoms with E-state index in [4.69, 9.17) is 16.3 Å². The maximum Gasteiger partial charge on any atom is 0.261 e. The summed E-state index contributed by atoms with van der Waals surface area (Å²) < 4.78 is 21.3. The average molecular weight is 410 g/mol. The summed E-state index contributed by atoms with van der Waals surface area (Å²) in [6, 6.07) is 7.25. The van der Waals surface area contributed by atoms with E-state index in [0.29, 0.717) is 34.7 Å². The Labute approximate surface area is 166 Å². The predicted octanol–water partition coefficient (Wildman–Crippen LogP) is 3.12. The van der Waals surface area contributed by atoms with Crippen LogP contribution in [0.1, 0.15) is 20.8 Å². The number of likely N-dealkylation sites (N-methyl/N-ethyl adjacent to an activating group) is 1. The average Bonchev–Trinajstić information content (AvgIpc) is 3.29. The number of halogens is 2. The summed E-state index contributed by atoms with van der Waals surface area (Å²) in [4.78, 5) is 16.8. The second-order valence-corrected chi connectivity index (χ2v) is 8.69. The van der Waals surface area contributed by atoms with E-state index in [1.807, 2.05) is 24.1 Å². The molecular weight excluding hydrogens is 389 g/mol. The van der Waals surface area contributed by atoms with Gasteiger partial charge in [0, 0.05) is 26.2 Å². The van der Waals surface area contributed by atoms with Crippen molar-refractivity contribution in [1.29, 1.82) is 0 Å². The zero-order valence-corrected chi connectivity index (χ0v) is 16.6. The number of carbonyl (C=O) groups is 1. The number of hydrogen-bond acceptors (Lipinski definition) is 5. The maximum absolute atomic E-state index is 15.0. The van der Waals surface area contributed by atoms with Gasteiger partial charge >= 0.3 is 0 Å². The van der Waals surface area contributed by atoms with Crippen LogP contribution in [0.5, 0.6) is 0 Å². The molecule has 2 aromatic rings. The second-order valence-electron chi connectivity index (χ2n) is 6.98. The summed E-state index contributed by atoms with van der Waals surface area (Å²) in [6.07, 6.45) is 0.550. The fourth-order valence-corrected chi connectivity index (χ4v) is 4.51.